The van der Waals surface area contributed by atoms with Crippen LogP contribution in [0.3, 0.4) is 0 Å². The molecule has 1 aliphatic heterocycles. The molecular formula is C39H53NO3. The number of ether oxygens (including phenoxy) is 1. The minimum atomic E-state index is -0.699. The van der Waals surface area contributed by atoms with Crippen molar-refractivity contribution in [2.45, 2.75) is 117 Å². The van der Waals surface area contributed by atoms with E-state index in [1.165, 1.54) is 22.8 Å². The van der Waals surface area contributed by atoms with Crippen LogP contribution in [0.15, 0.2) is 83.1 Å². The normalized spacial score (nSPS) is 25.9. The summed E-state index contributed by atoms with van der Waals surface area (Å²) < 4.78 is 5.85. The summed E-state index contributed by atoms with van der Waals surface area (Å²) in [7, 11) is 0. The Morgan fingerprint density at radius 3 is 2.44 bits per heavy atom. The van der Waals surface area contributed by atoms with Gasteiger partial charge in [-0.1, -0.05) is 69.4 Å². The zero-order valence-electron chi connectivity index (χ0n) is 27.7. The highest BCUT2D eigenvalue weighted by Gasteiger charge is 2.42. The molecule has 3 atom stereocenters. The van der Waals surface area contributed by atoms with E-state index in [1.54, 1.807) is 0 Å². The predicted octanol–water partition coefficient (Wildman–Crippen LogP) is 9.64. The van der Waals surface area contributed by atoms with Gasteiger partial charge < -0.3 is 4.74 Å². The second-order valence-corrected chi connectivity index (χ2v) is 12.9. The maximum atomic E-state index is 13.6. The molecule has 0 N–H and O–H groups in total. The molecular weight excluding hydrogens is 530 g/mol. The Morgan fingerprint density at radius 2 is 1.86 bits per heavy atom. The average molecular weight is 584 g/mol. The van der Waals surface area contributed by atoms with E-state index in [-0.39, 0.29) is 17.5 Å². The van der Waals surface area contributed by atoms with Gasteiger partial charge in [0.15, 0.2) is 11.6 Å². The van der Waals surface area contributed by atoms with Crippen LogP contribution in [0.1, 0.15) is 116 Å². The lowest BCUT2D eigenvalue weighted by atomic mass is 9.67. The third-order valence-corrected chi connectivity index (χ3v) is 9.55. The van der Waals surface area contributed by atoms with E-state index in [9.17, 15) is 9.59 Å². The van der Waals surface area contributed by atoms with E-state index in [4.69, 9.17) is 9.73 Å². The zero-order chi connectivity index (χ0) is 31.8. The Balaban J connectivity index is 1.95. The van der Waals surface area contributed by atoms with Crippen molar-refractivity contribution in [3.63, 3.8) is 0 Å². The Labute approximate surface area is 260 Å². The molecule has 3 unspecified atom stereocenters. The molecule has 1 aromatic rings. The van der Waals surface area contributed by atoms with Crippen molar-refractivity contribution in [3.05, 3.63) is 94.8 Å². The second kappa shape index (κ2) is 15.1. The monoisotopic (exact) mass is 583 g/mol. The molecule has 1 aliphatic carbocycles. The van der Waals surface area contributed by atoms with Crippen molar-refractivity contribution in [1.29, 1.82) is 0 Å². The van der Waals surface area contributed by atoms with Gasteiger partial charge in [0.25, 0.3) is 0 Å². The van der Waals surface area contributed by atoms with Gasteiger partial charge in [-0.2, -0.15) is 0 Å². The first-order valence-electron chi connectivity index (χ1n) is 16.1. The van der Waals surface area contributed by atoms with Crippen molar-refractivity contribution in [1.82, 2.24) is 0 Å². The van der Waals surface area contributed by atoms with Crippen LogP contribution in [0.5, 0.6) is 0 Å². The summed E-state index contributed by atoms with van der Waals surface area (Å²) in [5, 5.41) is 0. The zero-order valence-corrected chi connectivity index (χ0v) is 27.7. The molecule has 1 aromatic carbocycles. The largest absolute Gasteiger partial charge is 0.367 e. The number of carbonyl (C=O) groups is 2. The highest BCUT2D eigenvalue weighted by Crippen LogP contribution is 2.42. The number of allylic oxidation sites excluding steroid dienone is 6. The van der Waals surface area contributed by atoms with Crippen molar-refractivity contribution >= 4 is 17.8 Å². The minimum absolute atomic E-state index is 0.0642. The van der Waals surface area contributed by atoms with Crippen molar-refractivity contribution in [2.24, 2.45) is 10.9 Å². The number of benzene rings is 1. The van der Waals surface area contributed by atoms with E-state index in [2.05, 4.69) is 78.1 Å². The molecule has 1 heterocycles. The van der Waals surface area contributed by atoms with E-state index < -0.39 is 11.0 Å². The summed E-state index contributed by atoms with van der Waals surface area (Å²) >= 11 is 0. The van der Waals surface area contributed by atoms with Gasteiger partial charge in [0.05, 0.1) is 11.1 Å². The number of nitrogens with zero attached hydrogens (tertiary/aromatic N) is 1. The maximum absolute atomic E-state index is 13.6. The van der Waals surface area contributed by atoms with Crippen molar-refractivity contribution < 1.29 is 14.3 Å². The summed E-state index contributed by atoms with van der Waals surface area (Å²) in [4.78, 5) is 31.7. The molecule has 0 spiro atoms. The molecule has 3 rings (SSSR count). The summed E-state index contributed by atoms with van der Waals surface area (Å²) in [5.41, 5.74) is 6.45. The fourth-order valence-electron chi connectivity index (χ4n) is 7.03. The molecule has 43 heavy (non-hydrogen) atoms. The van der Waals surface area contributed by atoms with Crippen molar-refractivity contribution in [3.8, 4) is 0 Å². The van der Waals surface area contributed by atoms with Crippen LogP contribution in [-0.2, 0) is 19.7 Å². The molecule has 1 saturated heterocycles. The molecule has 1 fully saturated rings. The smallest absolute Gasteiger partial charge is 0.190 e. The van der Waals surface area contributed by atoms with E-state index in [0.717, 1.165) is 48.1 Å². The Hall–Kier alpha value is -3.11. The molecule has 0 radical (unpaired) electrons. The Kier molecular flexibility index (Phi) is 12.0. The number of hydrogen-bond acceptors (Lipinski definition) is 4. The van der Waals surface area contributed by atoms with Gasteiger partial charge in [-0.25, -0.2) is 0 Å². The molecule has 0 aromatic heterocycles. The lowest BCUT2D eigenvalue weighted by Gasteiger charge is -2.35. The highest BCUT2D eigenvalue weighted by molar-refractivity contribution is 6.02. The van der Waals surface area contributed by atoms with Gasteiger partial charge in [-0.15, -0.1) is 6.58 Å². The Morgan fingerprint density at radius 1 is 1.12 bits per heavy atom. The van der Waals surface area contributed by atoms with Gasteiger partial charge in [0.2, 0.25) is 0 Å². The lowest BCUT2D eigenvalue weighted by molar-refractivity contribution is -0.133. The standard InChI is InChI=1S/C39H53NO3/c1-10-16-33(27(4)5)30(8)35(40-12-3)26-28(6)32-19-20-34(29(7)25-32)39(36(41)11-2)22-13-17-31(18-14-23-39)37(42)38(9)21-15-24-43-38/h10-12,17,19-20,25-28H,1-2,13-16,18,21-24H2,3-9H3/b31-17-,33-30-,35-26+,40-12?. The molecule has 232 valence electrons. The fourth-order valence-corrected chi connectivity index (χ4v) is 7.03. The first-order valence-corrected chi connectivity index (χ1v) is 16.1. The van der Waals surface area contributed by atoms with Gasteiger partial charge in [0, 0.05) is 18.7 Å². The number of aryl methyl sites for hydroxylation is 1. The quantitative estimate of drug-likeness (QED) is 0.107. The molecule has 2 aliphatic rings. The molecule has 4 heteroatoms. The fraction of sp³-hybridized carbons (Fsp3) is 0.513. The minimum Gasteiger partial charge on any atom is -0.367 e. The van der Waals surface area contributed by atoms with Gasteiger partial charge in [-0.05, 0) is 119 Å². The maximum Gasteiger partial charge on any atom is 0.190 e. The third-order valence-electron chi connectivity index (χ3n) is 9.55. The Bertz CT molecular complexity index is 1330. The number of hydrogen-bond donors (Lipinski definition) is 0. The first kappa shape index (κ1) is 34.4. The van der Waals surface area contributed by atoms with Crippen LogP contribution in [0.4, 0.5) is 0 Å². The third kappa shape index (κ3) is 7.70. The summed E-state index contributed by atoms with van der Waals surface area (Å²) in [5.74, 6) is 0.736. The second-order valence-electron chi connectivity index (χ2n) is 12.9. The van der Waals surface area contributed by atoms with Crippen LogP contribution in [0, 0.1) is 12.8 Å². The van der Waals surface area contributed by atoms with Crippen LogP contribution in [0.25, 0.3) is 0 Å². The van der Waals surface area contributed by atoms with Crippen molar-refractivity contribution in [2.75, 3.05) is 6.61 Å². The van der Waals surface area contributed by atoms with Gasteiger partial charge in [-0.3, -0.25) is 14.6 Å². The molecule has 0 saturated carbocycles. The van der Waals surface area contributed by atoms with Crippen LogP contribution >= 0.6 is 0 Å². The number of carbonyl (C=O) groups excluding carboxylic acids is 2. The van der Waals surface area contributed by atoms with E-state index >= 15 is 0 Å². The van der Waals surface area contributed by atoms with Crippen LogP contribution < -0.4 is 0 Å². The summed E-state index contributed by atoms with van der Waals surface area (Å²) in [6.45, 7) is 23.3. The van der Waals surface area contributed by atoms with E-state index in [0.29, 0.717) is 38.2 Å². The topological polar surface area (TPSA) is 55.7 Å². The van der Waals surface area contributed by atoms with Gasteiger partial charge >= 0.3 is 0 Å². The highest BCUT2D eigenvalue weighted by atomic mass is 16.5. The van der Waals surface area contributed by atoms with Crippen LogP contribution in [0.2, 0.25) is 0 Å². The SMILES string of the molecule is C=CC/C(=C(C)/C(=C\C(C)c1ccc(C2(C(=O)C=C)CC/C=C(\C(=O)C3(C)CCCO3)CCC2)c(C)c1)N=CC)C(C)C. The molecule has 0 amide bonds. The predicted molar refractivity (Wildman–Crippen MR) is 181 cm³/mol. The molecule has 0 bridgehead atoms. The summed E-state index contributed by atoms with van der Waals surface area (Å²) in [6.07, 6.45) is 15.6. The van der Waals surface area contributed by atoms with Crippen LogP contribution in [-0.4, -0.2) is 30.0 Å². The molecule has 4 nitrogen and oxygen atoms in total. The lowest BCUT2D eigenvalue weighted by Crippen LogP contribution is -2.38. The number of aliphatic imine (C=N–C) groups is 1. The van der Waals surface area contributed by atoms with E-state index in [1.807, 2.05) is 26.1 Å². The first-order chi connectivity index (χ1) is 20.4. The number of ketones is 2. The number of Topliss-reactive ketones (excluding diaryl/α,β-unsaturated/α-hetero) is 1. The number of rotatable bonds is 12. The van der Waals surface area contributed by atoms with Gasteiger partial charge in [0.1, 0.15) is 5.60 Å². The average Bonchev–Trinajstić information content (AvgIpc) is 3.42. The summed E-state index contributed by atoms with van der Waals surface area (Å²) in [6, 6.07) is 6.56.